The van der Waals surface area contributed by atoms with Gasteiger partial charge >= 0.3 is 6.03 Å². The summed E-state index contributed by atoms with van der Waals surface area (Å²) in [6, 6.07) is 4.75. The fourth-order valence-electron chi connectivity index (χ4n) is 1.24. The van der Waals surface area contributed by atoms with Crippen molar-refractivity contribution in [2.24, 2.45) is 0 Å². The summed E-state index contributed by atoms with van der Waals surface area (Å²) >= 11 is 9.28. The van der Waals surface area contributed by atoms with Gasteiger partial charge in [0, 0.05) is 10.0 Å². The van der Waals surface area contributed by atoms with Crippen LogP contribution in [0.4, 0.5) is 10.5 Å². The number of benzene rings is 1. The van der Waals surface area contributed by atoms with Crippen LogP contribution in [-0.2, 0) is 0 Å². The van der Waals surface area contributed by atoms with Crippen molar-refractivity contribution in [3.63, 3.8) is 0 Å². The molecule has 7 heteroatoms. The number of nitrogens with one attached hydrogen (secondary N) is 4. The van der Waals surface area contributed by atoms with Crippen LogP contribution < -0.4 is 16.0 Å². The molecule has 0 aliphatic rings. The molecule has 0 spiro atoms. The van der Waals surface area contributed by atoms with Gasteiger partial charge in [-0.1, -0.05) is 27.5 Å². The van der Waals surface area contributed by atoms with Gasteiger partial charge in [-0.3, -0.25) is 10.7 Å². The lowest BCUT2D eigenvalue weighted by Crippen LogP contribution is -2.49. The van der Waals surface area contributed by atoms with Gasteiger partial charge in [0.2, 0.25) is 5.96 Å². The van der Waals surface area contributed by atoms with Crippen LogP contribution in [0, 0.1) is 5.41 Å². The molecule has 0 saturated heterocycles. The topological polar surface area (TPSA) is 77.0 Å². The maximum Gasteiger partial charge on any atom is 0.321 e. The van der Waals surface area contributed by atoms with E-state index in [1.807, 2.05) is 20.8 Å². The van der Waals surface area contributed by atoms with Gasteiger partial charge in [0.1, 0.15) is 0 Å². The minimum absolute atomic E-state index is 0.151. The van der Waals surface area contributed by atoms with Crippen LogP contribution in [-0.4, -0.2) is 17.5 Å². The second-order valence-electron chi connectivity index (χ2n) is 4.95. The molecule has 0 fully saturated rings. The number of guanidine groups is 1. The SMILES string of the molecule is CC(C)(C)NC(=O)NC(=N)Nc1cc(Br)ccc1Cl. The van der Waals surface area contributed by atoms with Crippen LogP contribution in [0.5, 0.6) is 0 Å². The lowest BCUT2D eigenvalue weighted by atomic mass is 10.1. The molecule has 5 nitrogen and oxygen atoms in total. The highest BCUT2D eigenvalue weighted by molar-refractivity contribution is 9.10. The summed E-state index contributed by atoms with van der Waals surface area (Å²) in [7, 11) is 0. The van der Waals surface area contributed by atoms with Crippen molar-refractivity contribution in [1.29, 1.82) is 5.41 Å². The molecule has 1 aromatic rings. The first-order chi connectivity index (χ1) is 8.67. The average Bonchev–Trinajstić information content (AvgIpc) is 2.20. The Morgan fingerprint density at radius 2 is 2.00 bits per heavy atom. The number of hydrogen-bond acceptors (Lipinski definition) is 2. The Balaban J connectivity index is 2.61. The number of amides is 2. The molecule has 104 valence electrons. The predicted molar refractivity (Wildman–Crippen MR) is 81.9 cm³/mol. The summed E-state index contributed by atoms with van der Waals surface area (Å²) in [6.45, 7) is 5.57. The van der Waals surface area contributed by atoms with E-state index in [0.29, 0.717) is 10.7 Å². The number of anilines is 1. The van der Waals surface area contributed by atoms with E-state index in [2.05, 4.69) is 31.9 Å². The van der Waals surface area contributed by atoms with Gasteiger partial charge in [-0.15, -0.1) is 0 Å². The van der Waals surface area contributed by atoms with Gasteiger partial charge in [0.25, 0.3) is 0 Å². The van der Waals surface area contributed by atoms with Gasteiger partial charge < -0.3 is 10.6 Å². The van der Waals surface area contributed by atoms with Crippen molar-refractivity contribution in [3.05, 3.63) is 27.7 Å². The lowest BCUT2D eigenvalue weighted by Gasteiger charge is -2.21. The predicted octanol–water partition coefficient (Wildman–Crippen LogP) is 3.55. The van der Waals surface area contributed by atoms with Crippen molar-refractivity contribution >= 4 is 45.2 Å². The zero-order chi connectivity index (χ0) is 14.6. The molecule has 0 aromatic heterocycles. The number of rotatable bonds is 1. The zero-order valence-electron chi connectivity index (χ0n) is 10.9. The molecule has 0 aliphatic heterocycles. The first kappa shape index (κ1) is 15.8. The number of halogens is 2. The number of urea groups is 1. The van der Waals surface area contributed by atoms with E-state index >= 15 is 0 Å². The molecule has 19 heavy (non-hydrogen) atoms. The van der Waals surface area contributed by atoms with Crippen LogP contribution in [0.15, 0.2) is 22.7 Å². The zero-order valence-corrected chi connectivity index (χ0v) is 13.2. The summed E-state index contributed by atoms with van der Waals surface area (Å²) in [5.74, 6) is -0.151. The molecular weight excluding hydrogens is 332 g/mol. The van der Waals surface area contributed by atoms with Crippen molar-refractivity contribution in [2.45, 2.75) is 26.3 Å². The Labute approximate surface area is 125 Å². The molecule has 1 rings (SSSR count). The molecule has 1 aromatic carbocycles. The van der Waals surface area contributed by atoms with Crippen molar-refractivity contribution in [3.8, 4) is 0 Å². The quantitative estimate of drug-likeness (QED) is 0.463. The van der Waals surface area contributed by atoms with Crippen molar-refractivity contribution in [1.82, 2.24) is 10.6 Å². The van der Waals surface area contributed by atoms with Gasteiger partial charge in [0.15, 0.2) is 0 Å². The Bertz CT molecular complexity index is 499. The third kappa shape index (κ3) is 5.94. The lowest BCUT2D eigenvalue weighted by molar-refractivity contribution is 0.236. The molecule has 0 aliphatic carbocycles. The normalized spacial score (nSPS) is 10.8. The van der Waals surface area contributed by atoms with E-state index in [0.717, 1.165) is 4.47 Å². The Kier molecular flexibility index (Phi) is 5.20. The average molecular weight is 348 g/mol. The maximum absolute atomic E-state index is 11.6. The van der Waals surface area contributed by atoms with Crippen LogP contribution in [0.2, 0.25) is 5.02 Å². The smallest absolute Gasteiger partial charge is 0.321 e. The van der Waals surface area contributed by atoms with E-state index in [1.54, 1.807) is 18.2 Å². The minimum Gasteiger partial charge on any atom is -0.333 e. The molecule has 0 atom stereocenters. The maximum atomic E-state index is 11.6. The van der Waals surface area contributed by atoms with E-state index in [-0.39, 0.29) is 11.5 Å². The van der Waals surface area contributed by atoms with Crippen LogP contribution >= 0.6 is 27.5 Å². The van der Waals surface area contributed by atoms with E-state index in [9.17, 15) is 4.79 Å². The van der Waals surface area contributed by atoms with Gasteiger partial charge in [-0.05, 0) is 39.0 Å². The van der Waals surface area contributed by atoms with E-state index in [1.165, 1.54) is 0 Å². The van der Waals surface area contributed by atoms with Crippen molar-refractivity contribution < 1.29 is 4.79 Å². The summed E-state index contributed by atoms with van der Waals surface area (Å²) in [5, 5.41) is 15.9. The second-order valence-corrected chi connectivity index (χ2v) is 6.28. The van der Waals surface area contributed by atoms with Crippen LogP contribution in [0.1, 0.15) is 20.8 Å². The number of hydrogen-bond donors (Lipinski definition) is 4. The standard InChI is InChI=1S/C12H16BrClN4O/c1-12(2,3)18-11(19)17-10(15)16-9-6-7(13)4-5-8(9)14/h4-6H,1-3H3,(H4,15,16,17,18,19). The number of carbonyl (C=O) groups is 1. The summed E-state index contributed by atoms with van der Waals surface area (Å²) in [6.07, 6.45) is 0. The highest BCUT2D eigenvalue weighted by atomic mass is 79.9. The molecule has 2 amide bonds. The van der Waals surface area contributed by atoms with Gasteiger partial charge in [-0.2, -0.15) is 0 Å². The largest absolute Gasteiger partial charge is 0.333 e. The third-order valence-electron chi connectivity index (χ3n) is 1.92. The Morgan fingerprint density at radius 1 is 1.37 bits per heavy atom. The first-order valence-electron chi connectivity index (χ1n) is 5.57. The molecule has 0 saturated carbocycles. The Hall–Kier alpha value is -1.27. The fraction of sp³-hybridized carbons (Fsp3) is 0.333. The third-order valence-corrected chi connectivity index (χ3v) is 2.74. The number of carbonyl (C=O) groups excluding carboxylic acids is 1. The van der Waals surface area contributed by atoms with Crippen LogP contribution in [0.25, 0.3) is 0 Å². The monoisotopic (exact) mass is 346 g/mol. The fourth-order valence-corrected chi connectivity index (χ4v) is 1.77. The summed E-state index contributed by atoms with van der Waals surface area (Å²) in [5.41, 5.74) is 0.176. The van der Waals surface area contributed by atoms with Gasteiger partial charge in [0.05, 0.1) is 10.7 Å². The highest BCUT2D eigenvalue weighted by Crippen LogP contribution is 2.25. The van der Waals surface area contributed by atoms with E-state index in [4.69, 9.17) is 17.0 Å². The second kappa shape index (κ2) is 6.25. The van der Waals surface area contributed by atoms with Gasteiger partial charge in [-0.25, -0.2) is 4.79 Å². The van der Waals surface area contributed by atoms with Crippen LogP contribution in [0.3, 0.4) is 0 Å². The molecule has 0 unspecified atom stereocenters. The highest BCUT2D eigenvalue weighted by Gasteiger charge is 2.14. The summed E-state index contributed by atoms with van der Waals surface area (Å²) in [4.78, 5) is 11.6. The molecule has 0 radical (unpaired) electrons. The minimum atomic E-state index is -0.448. The van der Waals surface area contributed by atoms with E-state index < -0.39 is 6.03 Å². The summed E-state index contributed by atoms with van der Waals surface area (Å²) < 4.78 is 0.825. The molecule has 0 heterocycles. The molecule has 4 N–H and O–H groups in total. The molecular formula is C12H16BrClN4O. The molecule has 0 bridgehead atoms. The first-order valence-corrected chi connectivity index (χ1v) is 6.74. The van der Waals surface area contributed by atoms with Crippen molar-refractivity contribution in [2.75, 3.05) is 5.32 Å². The Morgan fingerprint density at radius 3 is 2.58 bits per heavy atom.